The van der Waals surface area contributed by atoms with Crippen LogP contribution in [0.25, 0.3) is 10.9 Å². The number of esters is 1. The van der Waals surface area contributed by atoms with Gasteiger partial charge >= 0.3 is 5.97 Å². The second-order valence-electron chi connectivity index (χ2n) is 9.09. The fourth-order valence-electron chi connectivity index (χ4n) is 4.31. The first-order valence-corrected chi connectivity index (χ1v) is 13.7. The van der Waals surface area contributed by atoms with Gasteiger partial charge in [0.25, 0.3) is 5.91 Å². The van der Waals surface area contributed by atoms with Crippen LogP contribution in [0.15, 0.2) is 47.4 Å². The minimum atomic E-state index is -3.86. The van der Waals surface area contributed by atoms with Gasteiger partial charge in [-0.15, -0.1) is 0 Å². The summed E-state index contributed by atoms with van der Waals surface area (Å²) in [7, 11) is -2.05. The molecule has 36 heavy (non-hydrogen) atoms. The average molecular weight is 533 g/mol. The zero-order valence-electron chi connectivity index (χ0n) is 20.4. The molecule has 0 radical (unpaired) electrons. The third-order valence-electron chi connectivity index (χ3n) is 6.35. The number of hydrogen-bond donors (Lipinski definition) is 1. The summed E-state index contributed by atoms with van der Waals surface area (Å²) in [6, 6.07) is 11.3. The second kappa shape index (κ2) is 10.6. The molecule has 1 unspecified atom stereocenters. The molecule has 192 valence electrons. The molecule has 10 heteroatoms. The normalized spacial score (nSPS) is 15.6. The number of nitrogens with one attached hydrogen (secondary N) is 1. The number of amides is 1. The highest BCUT2D eigenvalue weighted by atomic mass is 35.5. The monoisotopic (exact) mass is 532 g/mol. The summed E-state index contributed by atoms with van der Waals surface area (Å²) in [5.41, 5.74) is 3.05. The first-order valence-electron chi connectivity index (χ1n) is 11.7. The lowest BCUT2D eigenvalue weighted by Gasteiger charge is -2.22. The number of aryl methyl sites for hydroxylation is 2. The third kappa shape index (κ3) is 5.74. The summed E-state index contributed by atoms with van der Waals surface area (Å²) in [5.74, 6) is -1.77. The van der Waals surface area contributed by atoms with Crippen LogP contribution in [0.2, 0.25) is 5.02 Å². The number of rotatable bonds is 7. The van der Waals surface area contributed by atoms with E-state index in [2.05, 4.69) is 5.32 Å². The largest absolute Gasteiger partial charge is 0.461 e. The van der Waals surface area contributed by atoms with E-state index in [0.717, 1.165) is 22.0 Å². The van der Waals surface area contributed by atoms with Crippen LogP contribution in [0, 0.1) is 6.92 Å². The molecule has 4 rings (SSSR count). The maximum absolute atomic E-state index is 13.0. The van der Waals surface area contributed by atoms with Crippen LogP contribution >= 0.6 is 11.6 Å². The average Bonchev–Trinajstić information content (AvgIpc) is 3.16. The van der Waals surface area contributed by atoms with Crippen LogP contribution in [0.1, 0.15) is 47.4 Å². The summed E-state index contributed by atoms with van der Waals surface area (Å²) in [6.45, 7) is 4.75. The van der Waals surface area contributed by atoms with Gasteiger partial charge < -0.3 is 19.4 Å². The maximum Gasteiger partial charge on any atom is 0.321 e. The molecule has 1 aliphatic heterocycles. The Balaban J connectivity index is 1.41. The number of carbonyl (C=O) groups is 2. The van der Waals surface area contributed by atoms with Gasteiger partial charge in [-0.1, -0.05) is 23.7 Å². The number of fused-ring (bicyclic) bond motifs is 1. The van der Waals surface area contributed by atoms with E-state index in [1.54, 1.807) is 22.8 Å². The van der Waals surface area contributed by atoms with Gasteiger partial charge in [-0.2, -0.15) is 0 Å². The van der Waals surface area contributed by atoms with E-state index < -0.39 is 21.6 Å². The molecule has 1 aliphatic rings. The fraction of sp³-hybridized carbons (Fsp3) is 0.385. The maximum atomic E-state index is 13.0. The number of benzene rings is 2. The molecule has 1 aromatic heterocycles. The molecular formula is C26H29ClN2O6S. The van der Waals surface area contributed by atoms with Crippen molar-refractivity contribution >= 4 is 44.2 Å². The predicted octanol–water partition coefficient (Wildman–Crippen LogP) is 4.13. The highest BCUT2D eigenvalue weighted by molar-refractivity contribution is 7.92. The van der Waals surface area contributed by atoms with Crippen LogP contribution in [0.4, 0.5) is 0 Å². The van der Waals surface area contributed by atoms with Crippen molar-refractivity contribution in [3.8, 4) is 0 Å². The van der Waals surface area contributed by atoms with Crippen molar-refractivity contribution in [2.45, 2.75) is 43.7 Å². The number of ether oxygens (including phenoxy) is 2. The van der Waals surface area contributed by atoms with Gasteiger partial charge in [0.1, 0.15) is 11.8 Å². The van der Waals surface area contributed by atoms with Gasteiger partial charge in [-0.25, -0.2) is 8.42 Å². The molecule has 0 spiro atoms. The summed E-state index contributed by atoms with van der Waals surface area (Å²) >= 11 is 6.36. The Kier molecular flexibility index (Phi) is 7.73. The SMILES string of the molecule is Cc1cc(Cl)c2cc(C(=O)NC(C)c3ccc(S(=O)(=O)CC(=O)OC4CCOCC4)cc3)n(C)c2c1. The molecule has 0 bridgehead atoms. The van der Waals surface area contributed by atoms with Crippen LogP contribution < -0.4 is 5.32 Å². The number of halogens is 1. The first-order chi connectivity index (χ1) is 17.0. The first kappa shape index (κ1) is 26.2. The molecule has 0 aliphatic carbocycles. The Morgan fingerprint density at radius 3 is 2.50 bits per heavy atom. The Morgan fingerprint density at radius 2 is 1.83 bits per heavy atom. The highest BCUT2D eigenvalue weighted by Gasteiger charge is 2.25. The molecule has 1 saturated heterocycles. The van der Waals surface area contributed by atoms with Gasteiger partial charge in [0.2, 0.25) is 0 Å². The van der Waals surface area contributed by atoms with Gasteiger partial charge in [-0.05, 0) is 55.3 Å². The number of nitrogens with zero attached hydrogens (tertiary/aromatic N) is 1. The number of sulfone groups is 1. The van der Waals surface area contributed by atoms with E-state index in [-0.39, 0.29) is 22.9 Å². The van der Waals surface area contributed by atoms with Crippen LogP contribution in [-0.4, -0.2) is 49.9 Å². The quantitative estimate of drug-likeness (QED) is 0.459. The van der Waals surface area contributed by atoms with E-state index in [0.29, 0.717) is 36.8 Å². The van der Waals surface area contributed by atoms with Gasteiger partial charge in [0.15, 0.2) is 15.6 Å². The van der Waals surface area contributed by atoms with E-state index in [1.807, 2.05) is 33.0 Å². The lowest BCUT2D eigenvalue weighted by Crippen LogP contribution is -2.29. The molecule has 1 atom stereocenters. The third-order valence-corrected chi connectivity index (χ3v) is 8.27. The zero-order valence-corrected chi connectivity index (χ0v) is 22.0. The van der Waals surface area contributed by atoms with Gasteiger partial charge in [0, 0.05) is 25.3 Å². The Morgan fingerprint density at radius 1 is 1.17 bits per heavy atom. The Bertz CT molecular complexity index is 1390. The van der Waals surface area contributed by atoms with E-state index in [9.17, 15) is 18.0 Å². The Hall–Kier alpha value is -2.88. The number of aromatic nitrogens is 1. The zero-order chi connectivity index (χ0) is 26.0. The van der Waals surface area contributed by atoms with E-state index in [1.165, 1.54) is 12.1 Å². The lowest BCUT2D eigenvalue weighted by atomic mass is 10.1. The molecule has 1 N–H and O–H groups in total. The minimum absolute atomic E-state index is 0.0207. The van der Waals surface area contributed by atoms with Crippen molar-refractivity contribution < 1.29 is 27.5 Å². The van der Waals surface area contributed by atoms with Crippen LogP contribution in [-0.2, 0) is 31.2 Å². The molecule has 3 aromatic rings. The predicted molar refractivity (Wildman–Crippen MR) is 137 cm³/mol. The summed E-state index contributed by atoms with van der Waals surface area (Å²) < 4.78 is 37.7. The highest BCUT2D eigenvalue weighted by Crippen LogP contribution is 2.28. The smallest absolute Gasteiger partial charge is 0.321 e. The van der Waals surface area contributed by atoms with E-state index in [4.69, 9.17) is 21.1 Å². The van der Waals surface area contributed by atoms with Crippen molar-refractivity contribution in [2.24, 2.45) is 7.05 Å². The lowest BCUT2D eigenvalue weighted by molar-refractivity contribution is -0.149. The van der Waals surface area contributed by atoms with Crippen LogP contribution in [0.3, 0.4) is 0 Å². The molecule has 8 nitrogen and oxygen atoms in total. The van der Waals surface area contributed by atoms with Crippen molar-refractivity contribution in [2.75, 3.05) is 19.0 Å². The molecule has 1 fully saturated rings. The Labute approximate surface area is 215 Å². The minimum Gasteiger partial charge on any atom is -0.461 e. The van der Waals surface area contributed by atoms with Crippen molar-refractivity contribution in [1.29, 1.82) is 0 Å². The number of hydrogen-bond acceptors (Lipinski definition) is 6. The molecule has 0 saturated carbocycles. The topological polar surface area (TPSA) is 104 Å². The molecule has 1 amide bonds. The summed E-state index contributed by atoms with van der Waals surface area (Å²) in [6.07, 6.45) is 0.820. The van der Waals surface area contributed by atoms with Crippen molar-refractivity contribution in [1.82, 2.24) is 9.88 Å². The van der Waals surface area contributed by atoms with E-state index >= 15 is 0 Å². The number of carbonyl (C=O) groups excluding carboxylic acids is 2. The van der Waals surface area contributed by atoms with Crippen LogP contribution in [0.5, 0.6) is 0 Å². The standard InChI is InChI=1S/C26H29ClN2O6S/c1-16-12-22(27)21-14-24(29(3)23(21)13-16)26(31)28-17(2)18-4-6-20(7-5-18)36(32,33)15-25(30)35-19-8-10-34-11-9-19/h4-7,12-14,17,19H,8-11,15H2,1-3H3,(H,28,31). The molecule has 2 aromatic carbocycles. The molecule has 2 heterocycles. The second-order valence-corrected chi connectivity index (χ2v) is 11.5. The summed E-state index contributed by atoms with van der Waals surface area (Å²) in [5, 5.41) is 4.33. The van der Waals surface area contributed by atoms with Crippen molar-refractivity contribution in [3.63, 3.8) is 0 Å². The fourth-order valence-corrected chi connectivity index (χ4v) is 5.73. The molecular weight excluding hydrogens is 504 g/mol. The van der Waals surface area contributed by atoms with Gasteiger partial charge in [0.05, 0.1) is 34.7 Å². The van der Waals surface area contributed by atoms with Gasteiger partial charge in [-0.3, -0.25) is 9.59 Å². The van der Waals surface area contributed by atoms with Crippen molar-refractivity contribution in [3.05, 3.63) is 64.3 Å². The summed E-state index contributed by atoms with van der Waals surface area (Å²) in [4.78, 5) is 25.2.